The summed E-state index contributed by atoms with van der Waals surface area (Å²) in [5.41, 5.74) is -0.591. The molecule has 0 aromatic rings. The Morgan fingerprint density at radius 2 is 1.94 bits per heavy atom. The van der Waals surface area contributed by atoms with Crippen molar-refractivity contribution in [1.29, 1.82) is 0 Å². The van der Waals surface area contributed by atoms with Gasteiger partial charge in [-0.05, 0) is 27.2 Å². The summed E-state index contributed by atoms with van der Waals surface area (Å²) in [5.74, 6) is -1.61. The van der Waals surface area contributed by atoms with Crippen molar-refractivity contribution in [3.8, 4) is 0 Å². The molecule has 1 unspecified atom stereocenters. The summed E-state index contributed by atoms with van der Waals surface area (Å²) >= 11 is 0. The van der Waals surface area contributed by atoms with Gasteiger partial charge in [-0.1, -0.05) is 0 Å². The molecule has 0 bridgehead atoms. The second-order valence-electron chi connectivity index (χ2n) is 4.75. The van der Waals surface area contributed by atoms with Crippen LogP contribution in [-0.4, -0.2) is 47.0 Å². The van der Waals surface area contributed by atoms with Gasteiger partial charge >= 0.3 is 11.9 Å². The molecule has 0 saturated carbocycles. The van der Waals surface area contributed by atoms with Crippen LogP contribution >= 0.6 is 0 Å². The minimum absolute atomic E-state index is 0.0353. The van der Waals surface area contributed by atoms with Crippen molar-refractivity contribution in [1.82, 2.24) is 4.90 Å². The number of nitrogens with zero attached hydrogens (tertiary/aromatic N) is 1. The highest BCUT2D eigenvalue weighted by atomic mass is 16.6. The van der Waals surface area contributed by atoms with Crippen molar-refractivity contribution < 1.29 is 24.2 Å². The van der Waals surface area contributed by atoms with Crippen LogP contribution in [0.1, 0.15) is 33.6 Å². The molecule has 0 rings (SSSR count). The number of carbonyl (C=O) groups excluding carboxylic acids is 2. The third-order valence-electron chi connectivity index (χ3n) is 1.98. The van der Waals surface area contributed by atoms with Gasteiger partial charge in [0.1, 0.15) is 11.6 Å². The maximum absolute atomic E-state index is 11.4. The number of amides is 1. The van der Waals surface area contributed by atoms with E-state index in [2.05, 4.69) is 0 Å². The second-order valence-corrected chi connectivity index (χ2v) is 4.75. The van der Waals surface area contributed by atoms with Gasteiger partial charge in [0.2, 0.25) is 6.41 Å². The number of hydrogen-bond acceptors (Lipinski definition) is 4. The van der Waals surface area contributed by atoms with E-state index < -0.39 is 23.6 Å². The van der Waals surface area contributed by atoms with E-state index in [1.54, 1.807) is 20.8 Å². The first kappa shape index (κ1) is 15.4. The van der Waals surface area contributed by atoms with E-state index in [9.17, 15) is 14.4 Å². The van der Waals surface area contributed by atoms with Gasteiger partial charge in [0.05, 0.1) is 0 Å². The summed E-state index contributed by atoms with van der Waals surface area (Å²) in [7, 11) is 1.36. The predicted octanol–water partition coefficient (Wildman–Crippen LogP) is 0.650. The number of rotatable bonds is 6. The van der Waals surface area contributed by atoms with Gasteiger partial charge in [-0.2, -0.15) is 0 Å². The molecule has 1 N–H and O–H groups in total. The van der Waals surface area contributed by atoms with E-state index in [-0.39, 0.29) is 12.8 Å². The molecule has 6 nitrogen and oxygen atoms in total. The van der Waals surface area contributed by atoms with E-state index in [0.717, 1.165) is 4.90 Å². The smallest absolute Gasteiger partial charge is 0.326 e. The largest absolute Gasteiger partial charge is 0.480 e. The molecule has 98 valence electrons. The lowest BCUT2D eigenvalue weighted by atomic mass is 10.1. The number of carboxylic acid groups (broad SMARTS) is 1. The molecule has 0 radical (unpaired) electrons. The lowest BCUT2D eigenvalue weighted by Crippen LogP contribution is -2.38. The van der Waals surface area contributed by atoms with Crippen molar-refractivity contribution in [3.63, 3.8) is 0 Å². The summed E-state index contributed by atoms with van der Waals surface area (Å²) in [6, 6.07) is -1.000. The number of carboxylic acids is 1. The van der Waals surface area contributed by atoms with E-state index >= 15 is 0 Å². The van der Waals surface area contributed by atoms with Crippen LogP contribution in [0.15, 0.2) is 0 Å². The van der Waals surface area contributed by atoms with Crippen LogP contribution in [0.5, 0.6) is 0 Å². The first-order chi connectivity index (χ1) is 7.67. The zero-order valence-corrected chi connectivity index (χ0v) is 10.6. The molecule has 0 aliphatic carbocycles. The Morgan fingerprint density at radius 1 is 1.41 bits per heavy atom. The minimum atomic E-state index is -1.14. The van der Waals surface area contributed by atoms with Crippen molar-refractivity contribution >= 4 is 18.3 Å². The molecule has 0 aromatic heterocycles. The molecular formula is C11H19NO5. The minimum Gasteiger partial charge on any atom is -0.480 e. The summed E-state index contributed by atoms with van der Waals surface area (Å²) in [4.78, 5) is 33.7. The quantitative estimate of drug-likeness (QED) is 0.548. The summed E-state index contributed by atoms with van der Waals surface area (Å²) in [5, 5.41) is 8.87. The van der Waals surface area contributed by atoms with E-state index in [1.165, 1.54) is 7.05 Å². The molecule has 17 heavy (non-hydrogen) atoms. The third kappa shape index (κ3) is 6.55. The molecule has 0 heterocycles. The number of carbonyl (C=O) groups is 3. The van der Waals surface area contributed by atoms with Gasteiger partial charge in [-0.25, -0.2) is 4.79 Å². The van der Waals surface area contributed by atoms with Crippen molar-refractivity contribution in [2.24, 2.45) is 0 Å². The van der Waals surface area contributed by atoms with Gasteiger partial charge in [0, 0.05) is 13.5 Å². The molecule has 6 heteroatoms. The fourth-order valence-corrected chi connectivity index (χ4v) is 1.22. The molecule has 0 aliphatic heterocycles. The normalized spacial score (nSPS) is 12.7. The van der Waals surface area contributed by atoms with Gasteiger partial charge in [0.25, 0.3) is 0 Å². The Balaban J connectivity index is 4.28. The molecular weight excluding hydrogens is 226 g/mol. The first-order valence-electron chi connectivity index (χ1n) is 5.29. The average molecular weight is 245 g/mol. The van der Waals surface area contributed by atoms with E-state index in [4.69, 9.17) is 9.84 Å². The fraction of sp³-hybridized carbons (Fsp3) is 0.727. The Morgan fingerprint density at radius 3 is 2.29 bits per heavy atom. The number of esters is 1. The summed E-state index contributed by atoms with van der Waals surface area (Å²) < 4.78 is 5.04. The monoisotopic (exact) mass is 245 g/mol. The van der Waals surface area contributed by atoms with Crippen molar-refractivity contribution in [2.75, 3.05) is 7.05 Å². The number of likely N-dealkylation sites (N-methyl/N-ethyl adjacent to an activating group) is 1. The maximum Gasteiger partial charge on any atom is 0.326 e. The molecule has 1 amide bonds. The number of hydrogen-bond donors (Lipinski definition) is 1. The Hall–Kier alpha value is -1.59. The standard InChI is InChI=1S/C11H19NO5/c1-11(2,3)17-9(14)6-5-8(10(15)16)12(4)7-13/h7-8H,5-6H2,1-4H3,(H,15,16). The lowest BCUT2D eigenvalue weighted by molar-refractivity contribution is -0.156. The van der Waals surface area contributed by atoms with Gasteiger partial charge in [0.15, 0.2) is 0 Å². The van der Waals surface area contributed by atoms with Crippen LogP contribution in [-0.2, 0) is 19.1 Å². The zero-order chi connectivity index (χ0) is 13.6. The maximum atomic E-state index is 11.4. The van der Waals surface area contributed by atoms with Crippen LogP contribution in [0.3, 0.4) is 0 Å². The summed E-state index contributed by atoms with van der Waals surface area (Å²) in [6.07, 6.45) is 0.430. The average Bonchev–Trinajstić information content (AvgIpc) is 2.14. The SMILES string of the molecule is CN(C=O)C(CCC(=O)OC(C)(C)C)C(=O)O. The fourth-order valence-electron chi connectivity index (χ4n) is 1.22. The van der Waals surface area contributed by atoms with Crippen molar-refractivity contribution in [3.05, 3.63) is 0 Å². The predicted molar refractivity (Wildman–Crippen MR) is 60.3 cm³/mol. The highest BCUT2D eigenvalue weighted by Crippen LogP contribution is 2.11. The highest BCUT2D eigenvalue weighted by Gasteiger charge is 2.24. The molecule has 1 atom stereocenters. The van der Waals surface area contributed by atoms with Gasteiger partial charge < -0.3 is 14.7 Å². The Bertz CT molecular complexity index is 295. The number of aliphatic carboxylic acids is 1. The second kappa shape index (κ2) is 6.22. The highest BCUT2D eigenvalue weighted by molar-refractivity contribution is 5.77. The molecule has 0 spiro atoms. The van der Waals surface area contributed by atoms with Crippen LogP contribution in [0.25, 0.3) is 0 Å². The topological polar surface area (TPSA) is 83.9 Å². The molecule has 0 aliphatic rings. The third-order valence-corrected chi connectivity index (χ3v) is 1.98. The Labute approximate surface area is 101 Å². The zero-order valence-electron chi connectivity index (χ0n) is 10.6. The van der Waals surface area contributed by atoms with Crippen LogP contribution in [0, 0.1) is 0 Å². The van der Waals surface area contributed by atoms with Crippen LogP contribution in [0.2, 0.25) is 0 Å². The van der Waals surface area contributed by atoms with Gasteiger partial charge in [-0.3, -0.25) is 9.59 Å². The van der Waals surface area contributed by atoms with E-state index in [1.807, 2.05) is 0 Å². The van der Waals surface area contributed by atoms with E-state index in [0.29, 0.717) is 6.41 Å². The molecule has 0 saturated heterocycles. The van der Waals surface area contributed by atoms with Crippen LogP contribution in [0.4, 0.5) is 0 Å². The first-order valence-corrected chi connectivity index (χ1v) is 5.29. The Kier molecular flexibility index (Phi) is 5.64. The summed E-state index contributed by atoms with van der Waals surface area (Å²) in [6.45, 7) is 5.20. The lowest BCUT2D eigenvalue weighted by Gasteiger charge is -2.22. The van der Waals surface area contributed by atoms with Crippen molar-refractivity contribution in [2.45, 2.75) is 45.3 Å². The van der Waals surface area contributed by atoms with Crippen LogP contribution < -0.4 is 0 Å². The number of ether oxygens (including phenoxy) is 1. The van der Waals surface area contributed by atoms with Gasteiger partial charge in [-0.15, -0.1) is 0 Å². The molecule has 0 fully saturated rings. The molecule has 0 aromatic carbocycles.